The normalized spacial score (nSPS) is 11.0. The second-order valence-electron chi connectivity index (χ2n) is 7.76. The van der Waals surface area contributed by atoms with Crippen LogP contribution in [-0.2, 0) is 6.54 Å². The van der Waals surface area contributed by atoms with Gasteiger partial charge in [0.25, 0.3) is 0 Å². The Kier molecular flexibility index (Phi) is 4.93. The van der Waals surface area contributed by atoms with Crippen molar-refractivity contribution in [2.45, 2.75) is 13.5 Å². The predicted molar refractivity (Wildman–Crippen MR) is 126 cm³/mol. The highest BCUT2D eigenvalue weighted by atomic mass is 16.5. The fourth-order valence-electron chi connectivity index (χ4n) is 4.00. The molecule has 0 aliphatic heterocycles. The zero-order chi connectivity index (χ0) is 21.2. The minimum atomic E-state index is 0.303. The van der Waals surface area contributed by atoms with E-state index in [1.54, 1.807) is 0 Å². The molecule has 1 N–H and O–H groups in total. The average Bonchev–Trinajstić information content (AvgIpc) is 3.12. The standard InChI is InChI=1S/C28H23NO2/c1-20-16-23(22-8-4-2-5-9-22)17-24-19-29(28(30)27(20)24)18-21-12-14-26(15-13-21)31-25-10-6-3-7-11-25/h2-17,19,30H,18H2,1H3. The van der Waals surface area contributed by atoms with Crippen LogP contribution in [0.1, 0.15) is 11.1 Å². The molecule has 0 radical (unpaired) electrons. The molecule has 1 aromatic heterocycles. The minimum Gasteiger partial charge on any atom is -0.494 e. The Balaban J connectivity index is 1.41. The molecule has 3 heteroatoms. The van der Waals surface area contributed by atoms with Gasteiger partial charge in [-0.15, -0.1) is 0 Å². The van der Waals surface area contributed by atoms with E-state index in [1.807, 2.05) is 83.6 Å². The number of ether oxygens (including phenoxy) is 1. The summed E-state index contributed by atoms with van der Waals surface area (Å²) < 4.78 is 7.77. The summed E-state index contributed by atoms with van der Waals surface area (Å²) in [5, 5.41) is 12.8. The molecule has 0 aliphatic rings. The SMILES string of the molecule is Cc1cc(-c2ccccc2)cc2cn(Cc3ccc(Oc4ccccc4)cc3)c(O)c12. The number of aryl methyl sites for hydroxylation is 1. The van der Waals surface area contributed by atoms with Crippen LogP contribution in [0.3, 0.4) is 0 Å². The Labute approximate surface area is 181 Å². The smallest absolute Gasteiger partial charge is 0.199 e. The Morgan fingerprint density at radius 2 is 1.39 bits per heavy atom. The van der Waals surface area contributed by atoms with Gasteiger partial charge in [0.05, 0.1) is 6.54 Å². The lowest BCUT2D eigenvalue weighted by atomic mass is 10.00. The van der Waals surface area contributed by atoms with Crippen molar-refractivity contribution in [1.82, 2.24) is 4.57 Å². The van der Waals surface area contributed by atoms with Crippen molar-refractivity contribution in [1.29, 1.82) is 0 Å². The van der Waals surface area contributed by atoms with Crippen molar-refractivity contribution < 1.29 is 9.84 Å². The number of hydrogen-bond donors (Lipinski definition) is 1. The van der Waals surface area contributed by atoms with Crippen molar-refractivity contribution in [2.75, 3.05) is 0 Å². The zero-order valence-corrected chi connectivity index (χ0v) is 17.3. The molecule has 0 bridgehead atoms. The van der Waals surface area contributed by atoms with E-state index in [0.29, 0.717) is 12.4 Å². The van der Waals surface area contributed by atoms with Gasteiger partial charge in [0.2, 0.25) is 0 Å². The first kappa shape index (κ1) is 19.0. The predicted octanol–water partition coefficient (Wildman–Crippen LogP) is 7.16. The molecule has 3 nitrogen and oxygen atoms in total. The molecule has 1 heterocycles. The van der Waals surface area contributed by atoms with Gasteiger partial charge in [0.1, 0.15) is 11.5 Å². The van der Waals surface area contributed by atoms with Crippen molar-refractivity contribution in [3.8, 4) is 28.5 Å². The summed E-state index contributed by atoms with van der Waals surface area (Å²) in [6.07, 6.45) is 2.03. The van der Waals surface area contributed by atoms with Crippen LogP contribution in [0.2, 0.25) is 0 Å². The molecule has 31 heavy (non-hydrogen) atoms. The lowest BCUT2D eigenvalue weighted by Crippen LogP contribution is -1.97. The van der Waals surface area contributed by atoms with Gasteiger partial charge in [0, 0.05) is 17.0 Å². The molecule has 5 rings (SSSR count). The summed E-state index contributed by atoms with van der Waals surface area (Å²) in [7, 11) is 0. The average molecular weight is 405 g/mol. The maximum Gasteiger partial charge on any atom is 0.199 e. The summed E-state index contributed by atoms with van der Waals surface area (Å²) in [5.74, 6) is 1.91. The summed E-state index contributed by atoms with van der Waals surface area (Å²) in [6, 6.07) is 32.3. The lowest BCUT2D eigenvalue weighted by Gasteiger charge is -2.08. The fraction of sp³-hybridized carbons (Fsp3) is 0.0714. The minimum absolute atomic E-state index is 0.303. The molecule has 0 unspecified atom stereocenters. The summed E-state index contributed by atoms with van der Waals surface area (Å²) in [6.45, 7) is 2.64. The molecule has 0 atom stereocenters. The highest BCUT2D eigenvalue weighted by Gasteiger charge is 2.13. The number of benzene rings is 4. The number of fused-ring (bicyclic) bond motifs is 1. The van der Waals surface area contributed by atoms with E-state index in [-0.39, 0.29) is 0 Å². The molecule has 0 saturated carbocycles. The van der Waals surface area contributed by atoms with Gasteiger partial charge in [-0.3, -0.25) is 0 Å². The van der Waals surface area contributed by atoms with Gasteiger partial charge >= 0.3 is 0 Å². The van der Waals surface area contributed by atoms with E-state index in [0.717, 1.165) is 39.0 Å². The van der Waals surface area contributed by atoms with E-state index < -0.39 is 0 Å². The van der Waals surface area contributed by atoms with E-state index in [1.165, 1.54) is 5.56 Å². The van der Waals surface area contributed by atoms with Gasteiger partial charge in [-0.05, 0) is 59.5 Å². The fourth-order valence-corrected chi connectivity index (χ4v) is 4.00. The number of aromatic nitrogens is 1. The quantitative estimate of drug-likeness (QED) is 0.336. The van der Waals surface area contributed by atoms with Crippen LogP contribution in [0.4, 0.5) is 0 Å². The summed E-state index contributed by atoms with van der Waals surface area (Å²) >= 11 is 0. The number of aromatic hydroxyl groups is 1. The Hall–Kier alpha value is -3.98. The number of rotatable bonds is 5. The van der Waals surface area contributed by atoms with Crippen LogP contribution in [-0.4, -0.2) is 9.67 Å². The molecule has 0 spiro atoms. The maximum absolute atomic E-state index is 10.9. The van der Waals surface area contributed by atoms with Gasteiger partial charge in [-0.1, -0.05) is 66.7 Å². The number of nitrogens with zero attached hydrogens (tertiary/aromatic N) is 1. The maximum atomic E-state index is 10.9. The van der Waals surface area contributed by atoms with Crippen LogP contribution in [0.15, 0.2) is 103 Å². The van der Waals surface area contributed by atoms with Crippen molar-refractivity contribution in [2.24, 2.45) is 0 Å². The van der Waals surface area contributed by atoms with Gasteiger partial charge in [-0.25, -0.2) is 0 Å². The van der Waals surface area contributed by atoms with Crippen LogP contribution in [0.5, 0.6) is 17.4 Å². The van der Waals surface area contributed by atoms with Crippen LogP contribution in [0, 0.1) is 6.92 Å². The lowest BCUT2D eigenvalue weighted by molar-refractivity contribution is 0.430. The topological polar surface area (TPSA) is 34.4 Å². The van der Waals surface area contributed by atoms with Crippen LogP contribution < -0.4 is 4.74 Å². The Bertz CT molecular complexity index is 1320. The molecule has 0 saturated heterocycles. The zero-order valence-electron chi connectivity index (χ0n) is 17.3. The van der Waals surface area contributed by atoms with E-state index in [9.17, 15) is 5.11 Å². The highest BCUT2D eigenvalue weighted by Crippen LogP contribution is 2.35. The molecule has 5 aromatic rings. The Morgan fingerprint density at radius 1 is 0.742 bits per heavy atom. The van der Waals surface area contributed by atoms with E-state index >= 15 is 0 Å². The molecular weight excluding hydrogens is 382 g/mol. The third kappa shape index (κ3) is 3.90. The van der Waals surface area contributed by atoms with Crippen molar-refractivity contribution >= 4 is 10.8 Å². The summed E-state index contributed by atoms with van der Waals surface area (Å²) in [4.78, 5) is 0. The second kappa shape index (κ2) is 8.04. The first-order chi connectivity index (χ1) is 15.2. The third-order valence-electron chi connectivity index (χ3n) is 5.52. The first-order valence-corrected chi connectivity index (χ1v) is 10.4. The van der Waals surface area contributed by atoms with Crippen molar-refractivity contribution in [3.63, 3.8) is 0 Å². The first-order valence-electron chi connectivity index (χ1n) is 10.4. The van der Waals surface area contributed by atoms with Gasteiger partial charge in [0.15, 0.2) is 5.88 Å². The van der Waals surface area contributed by atoms with Crippen LogP contribution in [0.25, 0.3) is 21.9 Å². The van der Waals surface area contributed by atoms with E-state index in [2.05, 4.69) is 31.2 Å². The summed E-state index contributed by atoms with van der Waals surface area (Å²) in [5.41, 5.74) is 4.50. The molecule has 0 aliphatic carbocycles. The molecule has 4 aromatic carbocycles. The van der Waals surface area contributed by atoms with Crippen molar-refractivity contribution in [3.05, 3.63) is 114 Å². The number of para-hydroxylation sites is 1. The highest BCUT2D eigenvalue weighted by molar-refractivity contribution is 5.94. The monoisotopic (exact) mass is 405 g/mol. The van der Waals surface area contributed by atoms with Crippen LogP contribution >= 0.6 is 0 Å². The van der Waals surface area contributed by atoms with E-state index in [4.69, 9.17) is 4.74 Å². The second-order valence-corrected chi connectivity index (χ2v) is 7.76. The third-order valence-corrected chi connectivity index (χ3v) is 5.52. The number of hydrogen-bond acceptors (Lipinski definition) is 2. The van der Waals surface area contributed by atoms with Gasteiger partial charge < -0.3 is 14.4 Å². The Morgan fingerprint density at radius 3 is 2.10 bits per heavy atom. The van der Waals surface area contributed by atoms with Gasteiger partial charge in [-0.2, -0.15) is 0 Å². The largest absolute Gasteiger partial charge is 0.494 e. The molecular formula is C28H23NO2. The molecule has 152 valence electrons. The molecule has 0 fully saturated rings. The molecule has 0 amide bonds.